The van der Waals surface area contributed by atoms with E-state index in [0.29, 0.717) is 10.0 Å². The summed E-state index contributed by atoms with van der Waals surface area (Å²) in [5.41, 5.74) is 3.96. The Hall–Kier alpha value is -0.320. The van der Waals surface area contributed by atoms with Gasteiger partial charge in [-0.3, -0.25) is 11.3 Å². The molecule has 0 heterocycles. The van der Waals surface area contributed by atoms with E-state index in [1.807, 2.05) is 25.1 Å². The van der Waals surface area contributed by atoms with E-state index in [4.69, 9.17) is 33.8 Å². The van der Waals surface area contributed by atoms with Gasteiger partial charge in [0.1, 0.15) is 0 Å². The van der Waals surface area contributed by atoms with Gasteiger partial charge in [0, 0.05) is 19.3 Å². The number of rotatable bonds is 8. The quantitative estimate of drug-likeness (QED) is 0.439. The van der Waals surface area contributed by atoms with Crippen LogP contribution in [-0.2, 0) is 11.2 Å². The van der Waals surface area contributed by atoms with Crippen LogP contribution in [0.2, 0.25) is 10.0 Å². The summed E-state index contributed by atoms with van der Waals surface area (Å²) in [7, 11) is 0. The van der Waals surface area contributed by atoms with E-state index in [0.717, 1.165) is 38.0 Å². The van der Waals surface area contributed by atoms with E-state index in [1.54, 1.807) is 0 Å². The fraction of sp³-hybridized carbons (Fsp3) is 0.538. The molecule has 3 nitrogen and oxygen atoms in total. The first-order valence-electron chi connectivity index (χ1n) is 6.15. The van der Waals surface area contributed by atoms with Gasteiger partial charge in [0.05, 0.1) is 10.0 Å². The molecule has 0 fully saturated rings. The van der Waals surface area contributed by atoms with Gasteiger partial charge >= 0.3 is 0 Å². The maximum absolute atomic E-state index is 5.98. The second-order valence-electron chi connectivity index (χ2n) is 4.16. The molecular formula is C13H20Cl2N2O. The molecular weight excluding hydrogens is 271 g/mol. The number of ether oxygens (including phenoxy) is 1. The number of hydrogen-bond acceptors (Lipinski definition) is 3. The predicted octanol–water partition coefficient (Wildman–Crippen LogP) is 3.18. The highest BCUT2D eigenvalue weighted by Crippen LogP contribution is 2.23. The van der Waals surface area contributed by atoms with Crippen LogP contribution in [0.4, 0.5) is 0 Å². The summed E-state index contributed by atoms with van der Waals surface area (Å²) in [5.74, 6) is 5.55. The van der Waals surface area contributed by atoms with Gasteiger partial charge in [0.15, 0.2) is 0 Å². The van der Waals surface area contributed by atoms with E-state index in [2.05, 4.69) is 5.43 Å². The summed E-state index contributed by atoms with van der Waals surface area (Å²) >= 11 is 11.9. The number of nitrogens with two attached hydrogens (primary N) is 1. The minimum atomic E-state index is 0.225. The van der Waals surface area contributed by atoms with Gasteiger partial charge in [-0.1, -0.05) is 29.3 Å². The van der Waals surface area contributed by atoms with Crippen molar-refractivity contribution in [2.24, 2.45) is 5.84 Å². The fourth-order valence-corrected chi connectivity index (χ4v) is 2.09. The van der Waals surface area contributed by atoms with Gasteiger partial charge in [-0.05, 0) is 43.9 Å². The average Bonchev–Trinajstić information content (AvgIpc) is 2.37. The van der Waals surface area contributed by atoms with Crippen molar-refractivity contribution < 1.29 is 4.74 Å². The molecule has 1 aromatic rings. The zero-order valence-corrected chi connectivity index (χ0v) is 12.1. The lowest BCUT2D eigenvalue weighted by atomic mass is 10.0. The van der Waals surface area contributed by atoms with E-state index in [-0.39, 0.29) is 6.04 Å². The Labute approximate surface area is 119 Å². The Bertz CT molecular complexity index is 361. The summed E-state index contributed by atoms with van der Waals surface area (Å²) in [6.07, 6.45) is 2.79. The normalized spacial score (nSPS) is 12.7. The summed E-state index contributed by atoms with van der Waals surface area (Å²) < 4.78 is 5.31. The lowest BCUT2D eigenvalue weighted by Crippen LogP contribution is -2.36. The molecule has 1 unspecified atom stereocenters. The first-order chi connectivity index (χ1) is 8.67. The zero-order valence-electron chi connectivity index (χ0n) is 10.6. The highest BCUT2D eigenvalue weighted by atomic mass is 35.5. The van der Waals surface area contributed by atoms with Crippen molar-refractivity contribution in [3.05, 3.63) is 33.8 Å². The average molecular weight is 291 g/mol. The van der Waals surface area contributed by atoms with Crippen LogP contribution in [0.3, 0.4) is 0 Å². The van der Waals surface area contributed by atoms with Crippen LogP contribution in [0.25, 0.3) is 0 Å². The first-order valence-corrected chi connectivity index (χ1v) is 6.90. The summed E-state index contributed by atoms with van der Waals surface area (Å²) in [6.45, 7) is 3.53. The SMILES string of the molecule is CCOCCCC(Cc1ccc(Cl)c(Cl)c1)NN. The molecule has 0 amide bonds. The molecule has 5 heteroatoms. The van der Waals surface area contributed by atoms with Crippen molar-refractivity contribution >= 4 is 23.2 Å². The molecule has 0 radical (unpaired) electrons. The lowest BCUT2D eigenvalue weighted by molar-refractivity contribution is 0.140. The second-order valence-corrected chi connectivity index (χ2v) is 4.97. The van der Waals surface area contributed by atoms with Gasteiger partial charge < -0.3 is 4.74 Å². The topological polar surface area (TPSA) is 47.3 Å². The molecule has 0 aliphatic heterocycles. The highest BCUT2D eigenvalue weighted by molar-refractivity contribution is 6.42. The van der Waals surface area contributed by atoms with Crippen LogP contribution >= 0.6 is 23.2 Å². The number of hydrogen-bond donors (Lipinski definition) is 2. The molecule has 0 spiro atoms. The van der Waals surface area contributed by atoms with Gasteiger partial charge in [-0.2, -0.15) is 0 Å². The van der Waals surface area contributed by atoms with Gasteiger partial charge in [-0.25, -0.2) is 0 Å². The third-order valence-electron chi connectivity index (χ3n) is 2.75. The summed E-state index contributed by atoms with van der Waals surface area (Å²) in [5, 5.41) is 1.16. The lowest BCUT2D eigenvalue weighted by Gasteiger charge is -2.16. The van der Waals surface area contributed by atoms with Crippen LogP contribution in [0, 0.1) is 0 Å². The Morgan fingerprint density at radius 1 is 1.33 bits per heavy atom. The van der Waals surface area contributed by atoms with Crippen molar-refractivity contribution in [1.82, 2.24) is 5.43 Å². The van der Waals surface area contributed by atoms with Crippen LogP contribution in [0.5, 0.6) is 0 Å². The largest absolute Gasteiger partial charge is 0.382 e. The van der Waals surface area contributed by atoms with Gasteiger partial charge in [-0.15, -0.1) is 0 Å². The Morgan fingerprint density at radius 3 is 2.72 bits per heavy atom. The zero-order chi connectivity index (χ0) is 13.4. The number of halogens is 2. The smallest absolute Gasteiger partial charge is 0.0595 e. The van der Waals surface area contributed by atoms with E-state index in [9.17, 15) is 0 Å². The second kappa shape index (κ2) is 8.73. The predicted molar refractivity (Wildman–Crippen MR) is 77.0 cm³/mol. The van der Waals surface area contributed by atoms with Crippen molar-refractivity contribution in [2.75, 3.05) is 13.2 Å². The highest BCUT2D eigenvalue weighted by Gasteiger charge is 2.08. The molecule has 0 saturated carbocycles. The third kappa shape index (κ3) is 5.55. The molecule has 18 heavy (non-hydrogen) atoms. The first kappa shape index (κ1) is 15.7. The molecule has 1 rings (SSSR count). The Kier molecular flexibility index (Phi) is 7.63. The molecule has 0 aromatic heterocycles. The maximum Gasteiger partial charge on any atom is 0.0595 e. The monoisotopic (exact) mass is 290 g/mol. The summed E-state index contributed by atoms with van der Waals surface area (Å²) in [4.78, 5) is 0. The number of hydrazine groups is 1. The number of nitrogens with one attached hydrogen (secondary N) is 1. The fourth-order valence-electron chi connectivity index (χ4n) is 1.77. The van der Waals surface area contributed by atoms with E-state index < -0.39 is 0 Å². The number of benzene rings is 1. The van der Waals surface area contributed by atoms with Gasteiger partial charge in [0.25, 0.3) is 0 Å². The molecule has 102 valence electrons. The molecule has 1 aromatic carbocycles. The van der Waals surface area contributed by atoms with Crippen molar-refractivity contribution in [3.8, 4) is 0 Å². The van der Waals surface area contributed by atoms with Crippen LogP contribution in [0.1, 0.15) is 25.3 Å². The summed E-state index contributed by atoms with van der Waals surface area (Å²) in [6, 6.07) is 5.90. The molecule has 0 bridgehead atoms. The van der Waals surface area contributed by atoms with Crippen molar-refractivity contribution in [2.45, 2.75) is 32.2 Å². The standard InChI is InChI=1S/C13H20Cl2N2O/c1-2-18-7-3-4-11(17-16)8-10-5-6-12(14)13(15)9-10/h5-6,9,11,17H,2-4,7-8,16H2,1H3. The molecule has 0 saturated heterocycles. The molecule has 1 atom stereocenters. The molecule has 0 aliphatic rings. The molecule has 3 N–H and O–H groups in total. The molecule has 0 aliphatic carbocycles. The van der Waals surface area contributed by atoms with Crippen LogP contribution in [-0.4, -0.2) is 19.3 Å². The minimum Gasteiger partial charge on any atom is -0.382 e. The van der Waals surface area contributed by atoms with E-state index >= 15 is 0 Å². The maximum atomic E-state index is 5.98. The van der Waals surface area contributed by atoms with Crippen molar-refractivity contribution in [1.29, 1.82) is 0 Å². The third-order valence-corrected chi connectivity index (χ3v) is 3.49. The van der Waals surface area contributed by atoms with E-state index in [1.165, 1.54) is 0 Å². The minimum absolute atomic E-state index is 0.225. The Balaban J connectivity index is 2.44. The van der Waals surface area contributed by atoms with Gasteiger partial charge in [0.2, 0.25) is 0 Å². The van der Waals surface area contributed by atoms with Crippen LogP contribution in [0.15, 0.2) is 18.2 Å². The van der Waals surface area contributed by atoms with Crippen LogP contribution < -0.4 is 11.3 Å². The van der Waals surface area contributed by atoms with Crippen molar-refractivity contribution in [3.63, 3.8) is 0 Å². The Morgan fingerprint density at radius 2 is 2.11 bits per heavy atom.